The molecular weight excluding hydrogens is 407 g/mol. The van der Waals surface area contributed by atoms with Crippen LogP contribution in [0.1, 0.15) is 67.0 Å². The molecule has 1 unspecified atom stereocenters. The van der Waals surface area contributed by atoms with Crippen LogP contribution in [0.3, 0.4) is 0 Å². The van der Waals surface area contributed by atoms with Crippen molar-refractivity contribution in [2.45, 2.75) is 52.6 Å². The quantitative estimate of drug-likeness (QED) is 0.531. The van der Waals surface area contributed by atoms with Gasteiger partial charge in [-0.15, -0.1) is 0 Å². The molecule has 0 fully saturated rings. The van der Waals surface area contributed by atoms with E-state index < -0.39 is 5.82 Å². The van der Waals surface area contributed by atoms with Crippen LogP contribution < -0.4 is 10.6 Å². The topological polar surface area (TPSA) is 76.0 Å². The molecule has 0 aliphatic carbocycles. The number of nitrogens with zero attached hydrogens (tertiary/aromatic N) is 2. The van der Waals surface area contributed by atoms with Gasteiger partial charge in [-0.3, -0.25) is 14.3 Å². The molecule has 3 rings (SSSR count). The average Bonchev–Trinajstić information content (AvgIpc) is 3.20. The Bertz CT molecular complexity index is 1110. The lowest BCUT2D eigenvalue weighted by Gasteiger charge is -2.16. The number of rotatable bonds is 8. The summed E-state index contributed by atoms with van der Waals surface area (Å²) in [7, 11) is 0. The molecule has 1 aromatic heterocycles. The van der Waals surface area contributed by atoms with Gasteiger partial charge in [-0.25, -0.2) is 4.39 Å². The summed E-state index contributed by atoms with van der Waals surface area (Å²) in [5.41, 5.74) is 3.18. The molecule has 32 heavy (non-hydrogen) atoms. The third-order valence-electron chi connectivity index (χ3n) is 5.25. The molecule has 0 aliphatic rings. The van der Waals surface area contributed by atoms with Crippen molar-refractivity contribution in [3.63, 3.8) is 0 Å². The normalized spacial score (nSPS) is 11.9. The van der Waals surface area contributed by atoms with E-state index in [0.717, 1.165) is 11.3 Å². The van der Waals surface area contributed by atoms with E-state index in [-0.39, 0.29) is 30.2 Å². The highest BCUT2D eigenvalue weighted by atomic mass is 19.1. The fourth-order valence-corrected chi connectivity index (χ4v) is 3.40. The molecule has 3 aromatic rings. The summed E-state index contributed by atoms with van der Waals surface area (Å²) < 4.78 is 15.5. The number of benzene rings is 2. The van der Waals surface area contributed by atoms with Gasteiger partial charge in [0.25, 0.3) is 5.91 Å². The number of aromatic nitrogens is 2. The summed E-state index contributed by atoms with van der Waals surface area (Å²) in [6.07, 6.45) is -0.0532. The molecule has 2 N–H and O–H groups in total. The predicted molar refractivity (Wildman–Crippen MR) is 123 cm³/mol. The number of anilines is 1. The molecule has 0 bridgehead atoms. The Morgan fingerprint density at radius 1 is 1.06 bits per heavy atom. The molecule has 1 heterocycles. The fraction of sp³-hybridized carbons (Fsp3) is 0.320. The zero-order valence-electron chi connectivity index (χ0n) is 18.9. The molecule has 168 valence electrons. The number of amides is 2. The highest BCUT2D eigenvalue weighted by molar-refractivity contribution is 5.93. The van der Waals surface area contributed by atoms with Gasteiger partial charge in [0, 0.05) is 12.2 Å². The first-order valence-corrected chi connectivity index (χ1v) is 10.8. The average molecular weight is 437 g/mol. The van der Waals surface area contributed by atoms with Gasteiger partial charge in [0.2, 0.25) is 5.91 Å². The maximum Gasteiger partial charge on any atom is 0.270 e. The van der Waals surface area contributed by atoms with Crippen LogP contribution in [0.5, 0.6) is 0 Å². The highest BCUT2D eigenvalue weighted by Crippen LogP contribution is 2.20. The van der Waals surface area contributed by atoms with Crippen LogP contribution >= 0.6 is 0 Å². The molecular formula is C25H29FN4O2. The maximum absolute atomic E-state index is 13.8. The highest BCUT2D eigenvalue weighted by Gasteiger charge is 2.19. The first-order chi connectivity index (χ1) is 15.3. The molecule has 0 spiro atoms. The van der Waals surface area contributed by atoms with Crippen molar-refractivity contribution in [3.8, 4) is 0 Å². The lowest BCUT2D eigenvalue weighted by Crippen LogP contribution is -2.29. The van der Waals surface area contributed by atoms with Gasteiger partial charge in [0.15, 0.2) is 0 Å². The zero-order valence-corrected chi connectivity index (χ0v) is 18.9. The third kappa shape index (κ3) is 5.60. The summed E-state index contributed by atoms with van der Waals surface area (Å²) in [4.78, 5) is 25.2. The van der Waals surface area contributed by atoms with E-state index in [9.17, 15) is 14.0 Å². The van der Waals surface area contributed by atoms with E-state index >= 15 is 0 Å². The molecule has 1 atom stereocenters. The van der Waals surface area contributed by atoms with Crippen LogP contribution in [0.2, 0.25) is 0 Å². The van der Waals surface area contributed by atoms with Crippen molar-refractivity contribution >= 4 is 17.5 Å². The zero-order chi connectivity index (χ0) is 23.3. The van der Waals surface area contributed by atoms with Gasteiger partial charge in [-0.05, 0) is 55.2 Å². The van der Waals surface area contributed by atoms with E-state index in [1.165, 1.54) is 6.07 Å². The van der Waals surface area contributed by atoms with Gasteiger partial charge >= 0.3 is 0 Å². The number of aryl methyl sites for hydroxylation is 1. The van der Waals surface area contributed by atoms with E-state index in [1.54, 1.807) is 35.0 Å². The monoisotopic (exact) mass is 436 g/mol. The van der Waals surface area contributed by atoms with Gasteiger partial charge < -0.3 is 10.6 Å². The van der Waals surface area contributed by atoms with Gasteiger partial charge in [-0.2, -0.15) is 5.10 Å². The summed E-state index contributed by atoms with van der Waals surface area (Å²) in [6, 6.07) is 15.0. The van der Waals surface area contributed by atoms with E-state index in [2.05, 4.69) is 15.7 Å². The van der Waals surface area contributed by atoms with Gasteiger partial charge in [0.05, 0.1) is 18.2 Å². The van der Waals surface area contributed by atoms with Crippen molar-refractivity contribution in [1.82, 2.24) is 15.1 Å². The number of carbonyl (C=O) groups is 2. The summed E-state index contributed by atoms with van der Waals surface area (Å²) in [6.45, 7) is 8.52. The van der Waals surface area contributed by atoms with Crippen molar-refractivity contribution < 1.29 is 14.0 Å². The molecule has 0 saturated carbocycles. The number of nitrogens with one attached hydrogen (secondary N) is 2. The second-order valence-electron chi connectivity index (χ2n) is 8.06. The van der Waals surface area contributed by atoms with Crippen LogP contribution in [0.4, 0.5) is 10.1 Å². The molecule has 0 saturated heterocycles. The predicted octanol–water partition coefficient (Wildman–Crippen LogP) is 4.84. The van der Waals surface area contributed by atoms with Gasteiger partial charge in [0.1, 0.15) is 11.5 Å². The lowest BCUT2D eigenvalue weighted by molar-refractivity contribution is -0.115. The minimum atomic E-state index is -0.403. The van der Waals surface area contributed by atoms with Crippen LogP contribution in [0.25, 0.3) is 0 Å². The van der Waals surface area contributed by atoms with Crippen LogP contribution in [0, 0.1) is 5.82 Å². The van der Waals surface area contributed by atoms with Crippen molar-refractivity contribution in [3.05, 3.63) is 82.9 Å². The van der Waals surface area contributed by atoms with Crippen LogP contribution in [-0.2, 0) is 17.8 Å². The number of hydrogen-bond acceptors (Lipinski definition) is 3. The molecule has 0 aliphatic heterocycles. The van der Waals surface area contributed by atoms with Crippen molar-refractivity contribution in [2.75, 3.05) is 5.32 Å². The Hall–Kier alpha value is -3.48. The third-order valence-corrected chi connectivity index (χ3v) is 5.25. The first kappa shape index (κ1) is 23.2. The second kappa shape index (κ2) is 10.2. The Morgan fingerprint density at radius 3 is 2.50 bits per heavy atom. The number of carbonyl (C=O) groups excluding carboxylic acids is 2. The fourth-order valence-electron chi connectivity index (χ4n) is 3.40. The smallest absolute Gasteiger partial charge is 0.270 e. The Morgan fingerprint density at radius 2 is 1.81 bits per heavy atom. The summed E-state index contributed by atoms with van der Waals surface area (Å²) in [5.74, 6) is -0.680. The van der Waals surface area contributed by atoms with E-state index in [1.807, 2.05) is 45.9 Å². The van der Waals surface area contributed by atoms with Crippen LogP contribution in [0.15, 0.2) is 54.6 Å². The Kier molecular flexibility index (Phi) is 7.41. The van der Waals surface area contributed by atoms with Crippen molar-refractivity contribution in [1.29, 1.82) is 0 Å². The number of hydrogen-bond donors (Lipinski definition) is 2. The summed E-state index contributed by atoms with van der Waals surface area (Å²) >= 11 is 0. The maximum atomic E-state index is 13.8. The Balaban J connectivity index is 1.67. The summed E-state index contributed by atoms with van der Waals surface area (Å²) in [5, 5.41) is 10.3. The first-order valence-electron chi connectivity index (χ1n) is 10.8. The van der Waals surface area contributed by atoms with Crippen molar-refractivity contribution in [2.24, 2.45) is 0 Å². The minimum absolute atomic E-state index is 0.0532. The van der Waals surface area contributed by atoms with E-state index in [0.29, 0.717) is 23.5 Å². The van der Waals surface area contributed by atoms with E-state index in [4.69, 9.17) is 0 Å². The minimum Gasteiger partial charge on any atom is -0.344 e. The SMILES string of the molecule is CCn1nc(C(C)C)cc1C(=O)NC(C)c1cccc(NC(=O)Cc2ccccc2F)c1. The standard InChI is InChI=1S/C25H29FN4O2/c1-5-30-23(15-22(29-30)16(2)3)25(32)27-17(4)18-10-8-11-20(13-18)28-24(31)14-19-9-6-7-12-21(19)26/h6-13,15-17H,5,14H2,1-4H3,(H,27,32)(H,28,31). The number of halogens is 1. The second-order valence-corrected chi connectivity index (χ2v) is 8.06. The molecule has 6 nitrogen and oxygen atoms in total. The molecule has 2 aromatic carbocycles. The lowest BCUT2D eigenvalue weighted by atomic mass is 10.1. The Labute approximate surface area is 187 Å². The molecule has 2 amide bonds. The van der Waals surface area contributed by atoms with Gasteiger partial charge in [-0.1, -0.05) is 44.2 Å². The molecule has 7 heteroatoms. The van der Waals surface area contributed by atoms with Crippen LogP contribution in [-0.4, -0.2) is 21.6 Å². The largest absolute Gasteiger partial charge is 0.344 e. The molecule has 0 radical (unpaired) electrons.